The first kappa shape index (κ1) is 19.3. The van der Waals surface area contributed by atoms with Gasteiger partial charge in [0, 0.05) is 46.7 Å². The Kier molecular flexibility index (Phi) is 5.03. The minimum absolute atomic E-state index is 0.0911. The van der Waals surface area contributed by atoms with Crippen LogP contribution in [0.25, 0.3) is 0 Å². The fourth-order valence-electron chi connectivity index (χ4n) is 4.54. The molecule has 0 amide bonds. The number of nitrogens with zero attached hydrogens (tertiary/aromatic N) is 3. The number of rotatable bonds is 3. The molecular formula is C22H22Cl2N4S. The van der Waals surface area contributed by atoms with E-state index in [1.165, 1.54) is 11.4 Å². The number of benzene rings is 2. The van der Waals surface area contributed by atoms with Crippen molar-refractivity contribution >= 4 is 40.7 Å². The topological polar surface area (TPSA) is 47.1 Å². The molecule has 0 radical (unpaired) electrons. The summed E-state index contributed by atoms with van der Waals surface area (Å²) in [7, 11) is 0. The summed E-state index contributed by atoms with van der Waals surface area (Å²) in [4.78, 5) is 4.58. The second kappa shape index (κ2) is 7.55. The summed E-state index contributed by atoms with van der Waals surface area (Å²) in [5.74, 6) is 0. The first-order valence-corrected chi connectivity index (χ1v) is 11.4. The number of hydrogen-bond acceptors (Lipinski definition) is 4. The zero-order chi connectivity index (χ0) is 20.0. The van der Waals surface area contributed by atoms with Gasteiger partial charge in [0.05, 0.1) is 21.8 Å². The molecule has 7 heteroatoms. The standard InChI is InChI=1S/C22H22Cl2N4S/c23-17-2-1-3-19(20(17)24)29-16-6-4-15(5-7-16)27-12-9-22(10-13-27)14-28-18(21(22)25)8-11-26-28/h1-8,11,21H,9-10,12-14,25H2/t21-/m1/s1. The predicted octanol–water partition coefficient (Wildman–Crippen LogP) is 5.64. The number of halogens is 2. The first-order chi connectivity index (χ1) is 14.1. The van der Waals surface area contributed by atoms with Gasteiger partial charge in [-0.25, -0.2) is 0 Å². The van der Waals surface area contributed by atoms with E-state index in [0.29, 0.717) is 10.0 Å². The molecule has 0 aliphatic carbocycles. The van der Waals surface area contributed by atoms with Gasteiger partial charge in [-0.3, -0.25) is 4.68 Å². The Morgan fingerprint density at radius 2 is 1.79 bits per heavy atom. The summed E-state index contributed by atoms with van der Waals surface area (Å²) in [6, 6.07) is 16.6. The molecule has 0 saturated carbocycles. The number of aromatic nitrogens is 2. The fourth-order valence-corrected chi connectivity index (χ4v) is 5.89. The Labute approximate surface area is 185 Å². The lowest BCUT2D eigenvalue weighted by Gasteiger charge is -2.42. The highest BCUT2D eigenvalue weighted by atomic mass is 35.5. The molecule has 1 fully saturated rings. The molecule has 4 nitrogen and oxygen atoms in total. The highest BCUT2D eigenvalue weighted by molar-refractivity contribution is 7.99. The monoisotopic (exact) mass is 444 g/mol. The highest BCUT2D eigenvalue weighted by Gasteiger charge is 2.46. The van der Waals surface area contributed by atoms with Crippen LogP contribution in [0.1, 0.15) is 24.6 Å². The molecular weight excluding hydrogens is 423 g/mol. The van der Waals surface area contributed by atoms with Crippen LogP contribution in [0.4, 0.5) is 5.69 Å². The Balaban J connectivity index is 1.25. The van der Waals surface area contributed by atoms with E-state index in [-0.39, 0.29) is 11.5 Å². The molecule has 3 aromatic rings. The van der Waals surface area contributed by atoms with Crippen LogP contribution in [0.2, 0.25) is 10.0 Å². The number of nitrogens with two attached hydrogens (primary N) is 1. The Hall–Kier alpha value is -1.66. The van der Waals surface area contributed by atoms with Crippen LogP contribution in [0.15, 0.2) is 64.5 Å². The molecule has 5 rings (SSSR count). The maximum absolute atomic E-state index is 6.60. The molecule has 2 aromatic carbocycles. The van der Waals surface area contributed by atoms with Gasteiger partial charge in [0.15, 0.2) is 0 Å². The highest BCUT2D eigenvalue weighted by Crippen LogP contribution is 2.48. The third-order valence-electron chi connectivity index (χ3n) is 6.30. The van der Waals surface area contributed by atoms with Crippen molar-refractivity contribution in [1.29, 1.82) is 0 Å². The van der Waals surface area contributed by atoms with Crippen molar-refractivity contribution in [2.24, 2.45) is 11.1 Å². The summed E-state index contributed by atoms with van der Waals surface area (Å²) < 4.78 is 2.09. The van der Waals surface area contributed by atoms with E-state index in [2.05, 4.69) is 45.0 Å². The lowest BCUT2D eigenvalue weighted by atomic mass is 9.73. The molecule has 2 N–H and O–H groups in total. The lowest BCUT2D eigenvalue weighted by molar-refractivity contribution is 0.170. The Bertz CT molecular complexity index is 1030. The largest absolute Gasteiger partial charge is 0.371 e. The van der Waals surface area contributed by atoms with E-state index in [1.54, 1.807) is 11.8 Å². The SMILES string of the molecule is N[C@@H]1c2ccnn2CC12CCN(c1ccc(Sc3cccc(Cl)c3Cl)cc1)CC2. The van der Waals surface area contributed by atoms with Gasteiger partial charge in [0.2, 0.25) is 0 Å². The van der Waals surface area contributed by atoms with Crippen LogP contribution in [0.3, 0.4) is 0 Å². The number of piperidine rings is 1. The van der Waals surface area contributed by atoms with Gasteiger partial charge in [-0.1, -0.05) is 41.0 Å². The van der Waals surface area contributed by atoms with Crippen LogP contribution < -0.4 is 10.6 Å². The van der Waals surface area contributed by atoms with Crippen molar-refractivity contribution in [1.82, 2.24) is 9.78 Å². The van der Waals surface area contributed by atoms with Gasteiger partial charge in [-0.05, 0) is 55.3 Å². The molecule has 0 unspecified atom stereocenters. The molecule has 1 saturated heterocycles. The second-order valence-corrected chi connectivity index (χ2v) is 9.79. The van der Waals surface area contributed by atoms with Gasteiger partial charge >= 0.3 is 0 Å². The summed E-state index contributed by atoms with van der Waals surface area (Å²) in [5, 5.41) is 5.63. The van der Waals surface area contributed by atoms with E-state index in [4.69, 9.17) is 28.9 Å². The minimum Gasteiger partial charge on any atom is -0.371 e. The predicted molar refractivity (Wildman–Crippen MR) is 120 cm³/mol. The van der Waals surface area contributed by atoms with Crippen molar-refractivity contribution in [2.45, 2.75) is 35.2 Å². The number of hydrogen-bond donors (Lipinski definition) is 1. The van der Waals surface area contributed by atoms with Crippen LogP contribution in [0.5, 0.6) is 0 Å². The van der Waals surface area contributed by atoms with Crippen molar-refractivity contribution in [3.8, 4) is 0 Å². The third-order valence-corrected chi connectivity index (χ3v) is 8.30. The van der Waals surface area contributed by atoms with Gasteiger partial charge in [0.25, 0.3) is 0 Å². The Morgan fingerprint density at radius 3 is 2.52 bits per heavy atom. The third kappa shape index (κ3) is 3.44. The molecule has 29 heavy (non-hydrogen) atoms. The smallest absolute Gasteiger partial charge is 0.0731 e. The van der Waals surface area contributed by atoms with E-state index in [0.717, 1.165) is 42.3 Å². The maximum Gasteiger partial charge on any atom is 0.0731 e. The fraction of sp³-hybridized carbons (Fsp3) is 0.318. The molecule has 2 aliphatic rings. The van der Waals surface area contributed by atoms with E-state index >= 15 is 0 Å². The molecule has 150 valence electrons. The van der Waals surface area contributed by atoms with Crippen LogP contribution in [0, 0.1) is 5.41 Å². The zero-order valence-electron chi connectivity index (χ0n) is 15.9. The molecule has 1 aromatic heterocycles. The van der Waals surface area contributed by atoms with Gasteiger partial charge < -0.3 is 10.6 Å². The van der Waals surface area contributed by atoms with E-state index in [1.807, 2.05) is 24.4 Å². The van der Waals surface area contributed by atoms with Crippen molar-refractivity contribution in [2.75, 3.05) is 18.0 Å². The van der Waals surface area contributed by atoms with Crippen LogP contribution in [-0.4, -0.2) is 22.9 Å². The average molecular weight is 445 g/mol. The summed E-state index contributed by atoms with van der Waals surface area (Å²) >= 11 is 14.1. The van der Waals surface area contributed by atoms with E-state index in [9.17, 15) is 0 Å². The number of anilines is 1. The maximum atomic E-state index is 6.60. The van der Waals surface area contributed by atoms with E-state index < -0.39 is 0 Å². The lowest BCUT2D eigenvalue weighted by Crippen LogP contribution is -2.44. The quantitative estimate of drug-likeness (QED) is 0.567. The molecule has 1 spiro atoms. The summed E-state index contributed by atoms with van der Waals surface area (Å²) in [5.41, 5.74) is 9.19. The van der Waals surface area contributed by atoms with Gasteiger partial charge in [-0.15, -0.1) is 0 Å². The van der Waals surface area contributed by atoms with Crippen molar-refractivity contribution < 1.29 is 0 Å². The molecule has 2 aliphatic heterocycles. The molecule has 0 bridgehead atoms. The van der Waals surface area contributed by atoms with Gasteiger partial charge in [0.1, 0.15) is 0 Å². The summed E-state index contributed by atoms with van der Waals surface area (Å²) in [6.45, 7) is 2.98. The molecule has 3 heterocycles. The van der Waals surface area contributed by atoms with Crippen LogP contribution >= 0.6 is 35.0 Å². The Morgan fingerprint density at radius 1 is 1.03 bits per heavy atom. The average Bonchev–Trinajstić information content (AvgIpc) is 3.28. The first-order valence-electron chi connectivity index (χ1n) is 9.80. The minimum atomic E-state index is 0.0911. The van der Waals surface area contributed by atoms with Crippen LogP contribution in [-0.2, 0) is 6.54 Å². The second-order valence-electron chi connectivity index (χ2n) is 7.89. The van der Waals surface area contributed by atoms with Gasteiger partial charge in [-0.2, -0.15) is 5.10 Å². The molecule has 1 atom stereocenters. The summed E-state index contributed by atoms with van der Waals surface area (Å²) in [6.07, 6.45) is 4.03. The van der Waals surface area contributed by atoms with Crippen molar-refractivity contribution in [3.05, 3.63) is 70.5 Å². The number of fused-ring (bicyclic) bond motifs is 1. The zero-order valence-corrected chi connectivity index (χ0v) is 18.2. The van der Waals surface area contributed by atoms with Crippen molar-refractivity contribution in [3.63, 3.8) is 0 Å². The normalized spacial score (nSPS) is 20.2.